The molecule has 0 aliphatic carbocycles. The molecule has 0 aliphatic heterocycles. The van der Waals surface area contributed by atoms with Crippen molar-refractivity contribution < 1.29 is 12.8 Å². The third-order valence-corrected chi connectivity index (χ3v) is 5.01. The van der Waals surface area contributed by atoms with Crippen LogP contribution in [-0.2, 0) is 10.0 Å². The van der Waals surface area contributed by atoms with Gasteiger partial charge in [0.15, 0.2) is 0 Å². The van der Waals surface area contributed by atoms with Gasteiger partial charge in [0.2, 0.25) is 10.0 Å². The second-order valence-electron chi connectivity index (χ2n) is 4.50. The monoisotopic (exact) mass is 312 g/mol. The molecule has 4 nitrogen and oxygen atoms in total. The van der Waals surface area contributed by atoms with Gasteiger partial charge in [0, 0.05) is 18.7 Å². The smallest absolute Gasteiger partial charge is 0.245 e. The first-order valence-electron chi connectivity index (χ1n) is 6.96. The maximum atomic E-state index is 14.1. The Labute approximate surface area is 126 Å². The van der Waals surface area contributed by atoms with Crippen molar-refractivity contribution in [1.29, 1.82) is 0 Å². The van der Waals surface area contributed by atoms with Crippen LogP contribution in [0.4, 0.5) is 4.39 Å². The maximum absolute atomic E-state index is 14.1. The fourth-order valence-corrected chi connectivity index (χ4v) is 3.40. The van der Waals surface area contributed by atoms with Crippen LogP contribution >= 0.6 is 0 Å². The summed E-state index contributed by atoms with van der Waals surface area (Å²) in [5.74, 6) is 4.50. The highest BCUT2D eigenvalue weighted by molar-refractivity contribution is 7.89. The molecule has 0 aromatic heterocycles. The molecule has 0 saturated carbocycles. The van der Waals surface area contributed by atoms with Crippen molar-refractivity contribution in [2.75, 3.05) is 19.6 Å². The van der Waals surface area contributed by atoms with Crippen LogP contribution in [0.25, 0.3) is 0 Å². The molecule has 1 aromatic carbocycles. The molecule has 0 heterocycles. The van der Waals surface area contributed by atoms with Crippen molar-refractivity contribution >= 4 is 10.0 Å². The van der Waals surface area contributed by atoms with E-state index in [-0.39, 0.29) is 11.4 Å². The average molecular weight is 312 g/mol. The minimum absolute atomic E-state index is 0.169. The van der Waals surface area contributed by atoms with Crippen LogP contribution in [0.15, 0.2) is 23.1 Å². The zero-order valence-corrected chi connectivity index (χ0v) is 13.2. The summed E-state index contributed by atoms with van der Waals surface area (Å²) in [4.78, 5) is -0.307. The Hall–Kier alpha value is -1.42. The lowest BCUT2D eigenvalue weighted by atomic mass is 10.2. The molecule has 0 saturated heterocycles. The number of unbranched alkanes of at least 4 members (excludes halogenated alkanes) is 1. The van der Waals surface area contributed by atoms with Gasteiger partial charge >= 0.3 is 0 Å². The highest BCUT2D eigenvalue weighted by Gasteiger charge is 2.25. The fraction of sp³-hybridized carbons (Fsp3) is 0.467. The molecule has 21 heavy (non-hydrogen) atoms. The molecule has 1 rings (SSSR count). The normalized spacial score (nSPS) is 11.3. The van der Waals surface area contributed by atoms with Gasteiger partial charge < -0.3 is 5.73 Å². The molecule has 2 N–H and O–H groups in total. The fourth-order valence-electron chi connectivity index (χ4n) is 1.86. The van der Waals surface area contributed by atoms with Crippen LogP contribution < -0.4 is 5.73 Å². The predicted octanol–water partition coefficient (Wildman–Crippen LogP) is 1.95. The maximum Gasteiger partial charge on any atom is 0.245 e. The number of hydrogen-bond donors (Lipinski definition) is 1. The molecule has 0 fully saturated rings. The molecule has 116 valence electrons. The Kier molecular flexibility index (Phi) is 6.82. The first kappa shape index (κ1) is 17.6. The lowest BCUT2D eigenvalue weighted by molar-refractivity contribution is 0.415. The van der Waals surface area contributed by atoms with Gasteiger partial charge in [0.1, 0.15) is 10.7 Å². The van der Waals surface area contributed by atoms with Gasteiger partial charge in [-0.15, -0.1) is 0 Å². The van der Waals surface area contributed by atoms with Crippen molar-refractivity contribution in [3.05, 3.63) is 29.6 Å². The second-order valence-corrected chi connectivity index (χ2v) is 6.41. The van der Waals surface area contributed by atoms with Gasteiger partial charge in [-0.25, -0.2) is 12.8 Å². The summed E-state index contributed by atoms with van der Waals surface area (Å²) >= 11 is 0. The second kappa shape index (κ2) is 8.13. The van der Waals surface area contributed by atoms with Gasteiger partial charge in [0.05, 0.1) is 6.54 Å². The zero-order valence-electron chi connectivity index (χ0n) is 12.4. The van der Waals surface area contributed by atoms with Crippen molar-refractivity contribution in [3.63, 3.8) is 0 Å². The summed E-state index contributed by atoms with van der Waals surface area (Å²) < 4.78 is 40.3. The van der Waals surface area contributed by atoms with Crippen LogP contribution in [0.1, 0.15) is 32.3 Å². The minimum atomic E-state index is -3.81. The van der Waals surface area contributed by atoms with Gasteiger partial charge in [-0.2, -0.15) is 4.31 Å². The van der Waals surface area contributed by atoms with E-state index in [9.17, 15) is 12.8 Å². The van der Waals surface area contributed by atoms with Gasteiger partial charge in [0.25, 0.3) is 0 Å². The van der Waals surface area contributed by atoms with Crippen molar-refractivity contribution in [3.8, 4) is 11.8 Å². The largest absolute Gasteiger partial charge is 0.320 e. The quantitative estimate of drug-likeness (QED) is 0.817. The Bertz CT molecular complexity index is 633. The molecule has 0 spiro atoms. The van der Waals surface area contributed by atoms with Crippen LogP contribution in [0.5, 0.6) is 0 Å². The molecule has 0 aliphatic rings. The van der Waals surface area contributed by atoms with Crippen molar-refractivity contribution in [2.45, 2.75) is 31.6 Å². The van der Waals surface area contributed by atoms with E-state index >= 15 is 0 Å². The van der Waals surface area contributed by atoms with Gasteiger partial charge in [-0.3, -0.25) is 0 Å². The van der Waals surface area contributed by atoms with E-state index in [0.717, 1.165) is 18.9 Å². The predicted molar refractivity (Wildman–Crippen MR) is 81.7 cm³/mol. The molecule has 1 aromatic rings. The van der Waals surface area contributed by atoms with Crippen LogP contribution in [0.3, 0.4) is 0 Å². The number of sulfonamides is 1. The highest BCUT2D eigenvalue weighted by Crippen LogP contribution is 2.20. The van der Waals surface area contributed by atoms with E-state index in [0.29, 0.717) is 18.7 Å². The van der Waals surface area contributed by atoms with Gasteiger partial charge in [-0.05, 0) is 24.6 Å². The lowest BCUT2D eigenvalue weighted by Crippen LogP contribution is -2.32. The Balaban J connectivity index is 3.13. The lowest BCUT2D eigenvalue weighted by Gasteiger charge is -2.20. The first-order chi connectivity index (χ1) is 9.97. The van der Waals surface area contributed by atoms with E-state index in [2.05, 4.69) is 11.8 Å². The number of hydrogen-bond acceptors (Lipinski definition) is 3. The van der Waals surface area contributed by atoms with Crippen LogP contribution in [-0.4, -0.2) is 32.4 Å². The first-order valence-corrected chi connectivity index (χ1v) is 8.40. The molecule has 0 radical (unpaired) electrons. The standard InChI is InChI=1S/C15H21FN2O2S/c1-3-5-11-18(4-2)21(19,20)15-9-8-13(7-6-10-17)12-14(15)16/h8-9,12H,3-5,10-11,17H2,1-2H3. The molecule has 0 atom stereocenters. The molecule has 0 bridgehead atoms. The summed E-state index contributed by atoms with van der Waals surface area (Å²) in [6.07, 6.45) is 1.62. The van der Waals surface area contributed by atoms with E-state index in [1.54, 1.807) is 6.92 Å². The van der Waals surface area contributed by atoms with Crippen molar-refractivity contribution in [2.24, 2.45) is 5.73 Å². The number of nitrogens with two attached hydrogens (primary N) is 1. The van der Waals surface area contributed by atoms with E-state index in [4.69, 9.17) is 5.73 Å². The van der Waals surface area contributed by atoms with E-state index in [1.165, 1.54) is 16.4 Å². The average Bonchev–Trinajstić information content (AvgIpc) is 2.45. The number of halogens is 1. The minimum Gasteiger partial charge on any atom is -0.320 e. The summed E-state index contributed by atoms with van der Waals surface area (Å²) in [6, 6.07) is 3.88. The third kappa shape index (κ3) is 4.53. The Morgan fingerprint density at radius 2 is 2.05 bits per heavy atom. The zero-order chi connectivity index (χ0) is 15.9. The Morgan fingerprint density at radius 1 is 1.33 bits per heavy atom. The summed E-state index contributed by atoms with van der Waals surface area (Å²) in [7, 11) is -3.81. The Morgan fingerprint density at radius 3 is 2.57 bits per heavy atom. The SMILES string of the molecule is CCCCN(CC)S(=O)(=O)c1ccc(C#CCN)cc1F. The molecular formula is C15H21FN2O2S. The van der Waals surface area contributed by atoms with E-state index < -0.39 is 15.8 Å². The summed E-state index contributed by atoms with van der Waals surface area (Å²) in [6.45, 7) is 4.60. The summed E-state index contributed by atoms with van der Waals surface area (Å²) in [5.41, 5.74) is 5.66. The number of rotatable bonds is 6. The topological polar surface area (TPSA) is 63.4 Å². The third-order valence-electron chi connectivity index (χ3n) is 3.00. The molecular weight excluding hydrogens is 291 g/mol. The van der Waals surface area contributed by atoms with E-state index in [1.807, 2.05) is 6.92 Å². The van der Waals surface area contributed by atoms with Crippen molar-refractivity contribution in [1.82, 2.24) is 4.31 Å². The van der Waals surface area contributed by atoms with Crippen LogP contribution in [0, 0.1) is 17.7 Å². The molecule has 6 heteroatoms. The summed E-state index contributed by atoms with van der Waals surface area (Å²) in [5, 5.41) is 0. The van der Waals surface area contributed by atoms with Crippen LogP contribution in [0.2, 0.25) is 0 Å². The molecule has 0 unspecified atom stereocenters. The number of benzene rings is 1. The van der Waals surface area contributed by atoms with Gasteiger partial charge in [-0.1, -0.05) is 32.1 Å². The molecule has 0 amide bonds. The number of nitrogens with zero attached hydrogens (tertiary/aromatic N) is 1. The highest BCUT2D eigenvalue weighted by atomic mass is 32.2.